The van der Waals surface area contributed by atoms with Gasteiger partial charge >= 0.3 is 10.2 Å². The predicted octanol–water partition coefficient (Wildman–Crippen LogP) is 7.96. The van der Waals surface area contributed by atoms with Gasteiger partial charge in [0.15, 0.2) is 0 Å². The molecule has 0 aliphatic heterocycles. The van der Waals surface area contributed by atoms with Gasteiger partial charge in [0.2, 0.25) is 0 Å². The molecule has 41 heavy (non-hydrogen) atoms. The molecule has 205 valence electrons. The third-order valence-electron chi connectivity index (χ3n) is 5.96. The van der Waals surface area contributed by atoms with Gasteiger partial charge in [-0.2, -0.15) is 42.3 Å². The van der Waals surface area contributed by atoms with Crippen LogP contribution in [-0.4, -0.2) is 0 Å². The van der Waals surface area contributed by atoms with Gasteiger partial charge in [0, 0.05) is 20.4 Å². The van der Waals surface area contributed by atoms with Gasteiger partial charge in [-0.15, -0.1) is 12.1 Å². The molecule has 0 aliphatic carbocycles. The van der Waals surface area contributed by atoms with E-state index in [2.05, 4.69) is 146 Å². The maximum absolute atomic E-state index is 7.25. The number of hydrogen-bond donors (Lipinski definition) is 0. The molecule has 6 aromatic carbocycles. The van der Waals surface area contributed by atoms with E-state index < -0.39 is 7.92 Å². The van der Waals surface area contributed by atoms with Crippen molar-refractivity contribution in [2.75, 3.05) is 0 Å². The summed E-state index contributed by atoms with van der Waals surface area (Å²) in [5, 5.41) is 4.31. The molecule has 4 heteroatoms. The molecule has 0 saturated heterocycles. The van der Waals surface area contributed by atoms with E-state index in [-0.39, 0.29) is 20.4 Å². The molecular formula is C37H34NOPRe. The van der Waals surface area contributed by atoms with Crippen LogP contribution in [0.25, 0.3) is 0 Å². The molecule has 0 amide bonds. The molecule has 0 aromatic heterocycles. The molecule has 0 heterocycles. The zero-order chi connectivity index (χ0) is 28.1. The van der Waals surface area contributed by atoms with Gasteiger partial charge in [-0.25, -0.2) is 12.1 Å². The van der Waals surface area contributed by atoms with Crippen LogP contribution in [0.15, 0.2) is 182 Å². The Hall–Kier alpha value is -3.92. The van der Waals surface area contributed by atoms with Crippen LogP contribution in [0.1, 0.15) is 11.1 Å². The summed E-state index contributed by atoms with van der Waals surface area (Å²) < 4.78 is 7.25. The zero-order valence-corrected chi connectivity index (χ0v) is 26.6. The van der Waals surface area contributed by atoms with Crippen LogP contribution in [0.3, 0.4) is 0 Å². The Kier molecular flexibility index (Phi) is 17.0. The van der Waals surface area contributed by atoms with Crippen molar-refractivity contribution in [3.8, 4) is 0 Å². The van der Waals surface area contributed by atoms with E-state index in [1.54, 1.807) is 0 Å². The van der Waals surface area contributed by atoms with E-state index in [0.717, 1.165) is 6.42 Å². The fourth-order valence-corrected chi connectivity index (χ4v) is 6.65. The normalized spacial score (nSPS) is 9.24. The first-order valence-corrected chi connectivity index (χ1v) is 14.7. The minimum absolute atomic E-state index is 0. The van der Waals surface area contributed by atoms with Crippen molar-refractivity contribution in [1.82, 2.24) is 0 Å². The second-order valence-corrected chi connectivity index (χ2v) is 11.2. The Labute approximate surface area is 259 Å². The standard InChI is InChI=1S/C18H15P.C14H13.C5H5.NO.Re/c1-4-10-16(11-5-1)19(17-12-6-2-7-13-17)18-14-8-3-9-15-18;1-3-7-13(8-4-1)11-12-14-9-5-2-6-10-14;1-2-4-5-3-1;1-2;/h1-15H;1-11H,12H2;1-5H;;/q;2*-1;+1;/p+1. The quantitative estimate of drug-likeness (QED) is 0.0977. The molecule has 0 saturated carbocycles. The van der Waals surface area contributed by atoms with Crippen LogP contribution < -0.4 is 15.9 Å². The molecule has 0 unspecified atom stereocenters. The molecule has 6 rings (SSSR count). The Morgan fingerprint density at radius 2 is 0.829 bits per heavy atom. The van der Waals surface area contributed by atoms with Crippen LogP contribution in [0, 0.1) is 11.9 Å². The van der Waals surface area contributed by atoms with Crippen molar-refractivity contribution >= 4 is 23.8 Å². The molecular weight excluding hydrogens is 692 g/mol. The van der Waals surface area contributed by atoms with Crippen molar-refractivity contribution in [2.24, 2.45) is 0 Å². The van der Waals surface area contributed by atoms with E-state index in [9.17, 15) is 0 Å². The number of benzene rings is 5. The van der Waals surface area contributed by atoms with Crippen LogP contribution in [0.5, 0.6) is 0 Å². The van der Waals surface area contributed by atoms with E-state index in [1.807, 2.05) is 42.5 Å². The molecule has 0 aliphatic rings. The molecule has 0 spiro atoms. The monoisotopic (exact) mass is 726 g/mol. The third kappa shape index (κ3) is 12.4. The molecule has 0 bridgehead atoms. The Morgan fingerprint density at radius 3 is 1.17 bits per heavy atom. The average Bonchev–Trinajstić information content (AvgIpc) is 3.65. The first-order chi connectivity index (χ1) is 19.9. The van der Waals surface area contributed by atoms with Gasteiger partial charge in [0.25, 0.3) is 0 Å². The molecule has 1 radical (unpaired) electrons. The largest absolute Gasteiger partial charge is 0.214 e. The minimum atomic E-state index is -0.877. The first-order valence-electron chi connectivity index (χ1n) is 13.2. The fourth-order valence-electron chi connectivity index (χ4n) is 4.07. The van der Waals surface area contributed by atoms with E-state index in [4.69, 9.17) is 10.2 Å². The Morgan fingerprint density at radius 1 is 0.488 bits per heavy atom. The van der Waals surface area contributed by atoms with Crippen LogP contribution >= 0.6 is 7.92 Å². The second kappa shape index (κ2) is 20.9. The van der Waals surface area contributed by atoms with Gasteiger partial charge in [-0.1, -0.05) is 103 Å². The van der Waals surface area contributed by atoms with Gasteiger partial charge < -0.3 is 0 Å². The summed E-state index contributed by atoms with van der Waals surface area (Å²) in [6.45, 7) is 0. The van der Waals surface area contributed by atoms with Crippen LogP contribution in [0.2, 0.25) is 0 Å². The predicted molar refractivity (Wildman–Crippen MR) is 171 cm³/mol. The third-order valence-corrected chi connectivity index (χ3v) is 8.69. The Balaban J connectivity index is 0.000000234. The van der Waals surface area contributed by atoms with Crippen LogP contribution in [0.4, 0.5) is 0 Å². The SMILES string of the molecule is N#[O+].[Re].c1cc[cH-]c1.c1ccc([CH-]Cc2ccccc2)cc1.c1ccc([PH+](c2ccccc2)c2ccccc2)cc1. The summed E-state index contributed by atoms with van der Waals surface area (Å²) in [6.07, 6.45) is 3.25. The number of hydrogen-bond acceptors (Lipinski definition) is 1. The van der Waals surface area contributed by atoms with Gasteiger partial charge in [0.05, 0.1) is 7.92 Å². The zero-order valence-electron chi connectivity index (χ0n) is 22.8. The molecule has 0 N–H and O–H groups in total. The summed E-state index contributed by atoms with van der Waals surface area (Å²) in [6, 6.07) is 63.4. The number of rotatable bonds is 6. The van der Waals surface area contributed by atoms with E-state index in [0.29, 0.717) is 0 Å². The van der Waals surface area contributed by atoms with Crippen LogP contribution in [-0.2, 0) is 31.6 Å². The van der Waals surface area contributed by atoms with Crippen molar-refractivity contribution < 1.29 is 25.2 Å². The topological polar surface area (TPSA) is 43.7 Å². The number of nitrogens with zero attached hydrogens (tertiary/aromatic N) is 1. The smallest absolute Gasteiger partial charge is 0.102 e. The first kappa shape index (κ1) is 33.3. The van der Waals surface area contributed by atoms with Gasteiger partial charge in [-0.05, 0) is 36.4 Å². The molecule has 2 nitrogen and oxygen atoms in total. The summed E-state index contributed by atoms with van der Waals surface area (Å²) in [5.74, 6) is 0. The average molecular weight is 726 g/mol. The summed E-state index contributed by atoms with van der Waals surface area (Å²) >= 11 is 0. The fraction of sp³-hybridized carbons (Fsp3) is 0.0270. The van der Waals surface area contributed by atoms with Gasteiger partial charge in [-0.3, -0.25) is 0 Å². The summed E-state index contributed by atoms with van der Waals surface area (Å²) in [7, 11) is -0.877. The van der Waals surface area contributed by atoms with Crippen molar-refractivity contribution in [3.63, 3.8) is 0 Å². The Bertz CT molecular complexity index is 1280. The van der Waals surface area contributed by atoms with E-state index in [1.165, 1.54) is 27.0 Å². The molecule has 0 fully saturated rings. The maximum atomic E-state index is 7.25. The van der Waals surface area contributed by atoms with E-state index >= 15 is 0 Å². The van der Waals surface area contributed by atoms with Crippen molar-refractivity contribution in [1.29, 1.82) is 5.46 Å². The summed E-state index contributed by atoms with van der Waals surface area (Å²) in [5.41, 5.74) is 8.40. The van der Waals surface area contributed by atoms with Gasteiger partial charge in [0.1, 0.15) is 15.9 Å². The molecule has 0 atom stereocenters. The van der Waals surface area contributed by atoms with Crippen molar-refractivity contribution in [3.05, 3.63) is 200 Å². The maximum Gasteiger partial charge on any atom is 0.102 e. The van der Waals surface area contributed by atoms with Crippen molar-refractivity contribution in [2.45, 2.75) is 6.42 Å². The molecule has 6 aromatic rings. The second-order valence-electron chi connectivity index (χ2n) is 8.74. The minimum Gasteiger partial charge on any atom is -0.214 e. The summed E-state index contributed by atoms with van der Waals surface area (Å²) in [4.78, 5) is 0.